The largest absolute Gasteiger partial charge is 0.395 e. The van der Waals surface area contributed by atoms with Crippen LogP contribution in [0.25, 0.3) is 0 Å². The Morgan fingerprint density at radius 1 is 1.47 bits per heavy atom. The number of rotatable bonds is 5. The van der Waals surface area contributed by atoms with Gasteiger partial charge in [-0.3, -0.25) is 0 Å². The molecule has 0 amide bonds. The third-order valence-corrected chi connectivity index (χ3v) is 2.35. The van der Waals surface area contributed by atoms with Crippen LogP contribution in [0, 0.1) is 6.92 Å². The quantitative estimate of drug-likeness (QED) is 0.747. The molecule has 0 bridgehead atoms. The van der Waals surface area contributed by atoms with Crippen LogP contribution in [-0.2, 0) is 0 Å². The smallest absolute Gasteiger partial charge is 0.137 e. The molecule has 0 radical (unpaired) electrons. The number of aliphatic hydroxyl groups excluding tert-OH is 1. The number of anilines is 2. The van der Waals surface area contributed by atoms with Crippen molar-refractivity contribution in [1.29, 1.82) is 0 Å². The van der Waals surface area contributed by atoms with Gasteiger partial charge in [0, 0.05) is 25.7 Å². The van der Waals surface area contributed by atoms with Gasteiger partial charge in [0.05, 0.1) is 6.61 Å². The Balaban J connectivity index is 3.01. The number of nitrogens with zero attached hydrogens (tertiary/aromatic N) is 3. The molecule has 5 heteroatoms. The van der Waals surface area contributed by atoms with Gasteiger partial charge in [0.1, 0.15) is 18.0 Å². The van der Waals surface area contributed by atoms with Crippen LogP contribution >= 0.6 is 0 Å². The summed E-state index contributed by atoms with van der Waals surface area (Å²) in [5.74, 6) is 1.71. The minimum absolute atomic E-state index is 0.131. The van der Waals surface area contributed by atoms with Gasteiger partial charge in [-0.1, -0.05) is 0 Å². The van der Waals surface area contributed by atoms with Gasteiger partial charge in [-0.25, -0.2) is 9.97 Å². The number of nitrogens with one attached hydrogen (secondary N) is 1. The van der Waals surface area contributed by atoms with Crippen LogP contribution in [0.1, 0.15) is 12.5 Å². The van der Waals surface area contributed by atoms with E-state index in [9.17, 15) is 0 Å². The standard InChI is InChI=1S/C10H18N4O/c1-4-14(5-6-15)10-8(2)9(11-3)12-7-13-10/h7,15H,4-6H2,1-3H3,(H,11,12,13). The summed E-state index contributed by atoms with van der Waals surface area (Å²) < 4.78 is 0. The second-order valence-electron chi connectivity index (χ2n) is 3.22. The van der Waals surface area contributed by atoms with Crippen molar-refractivity contribution in [3.63, 3.8) is 0 Å². The molecule has 1 aromatic rings. The number of hydrogen-bond acceptors (Lipinski definition) is 5. The maximum Gasteiger partial charge on any atom is 0.137 e. The second-order valence-corrected chi connectivity index (χ2v) is 3.22. The molecule has 0 fully saturated rings. The first-order valence-electron chi connectivity index (χ1n) is 5.09. The van der Waals surface area contributed by atoms with E-state index < -0.39 is 0 Å². The van der Waals surface area contributed by atoms with Crippen molar-refractivity contribution in [2.24, 2.45) is 0 Å². The lowest BCUT2D eigenvalue weighted by molar-refractivity contribution is 0.302. The zero-order valence-corrected chi connectivity index (χ0v) is 9.49. The SMILES string of the molecule is CCN(CCO)c1ncnc(NC)c1C. The number of aliphatic hydroxyl groups is 1. The third-order valence-electron chi connectivity index (χ3n) is 2.35. The fraction of sp³-hybridized carbons (Fsp3) is 0.600. The Morgan fingerprint density at radius 3 is 2.73 bits per heavy atom. The first-order valence-corrected chi connectivity index (χ1v) is 5.09. The molecule has 1 rings (SSSR count). The van der Waals surface area contributed by atoms with Crippen LogP contribution in [0.3, 0.4) is 0 Å². The Kier molecular flexibility index (Phi) is 4.30. The molecule has 0 unspecified atom stereocenters. The summed E-state index contributed by atoms with van der Waals surface area (Å²) in [5.41, 5.74) is 1.01. The fourth-order valence-electron chi connectivity index (χ4n) is 1.55. The molecular weight excluding hydrogens is 192 g/mol. The highest BCUT2D eigenvalue weighted by molar-refractivity contribution is 5.57. The van der Waals surface area contributed by atoms with Gasteiger partial charge >= 0.3 is 0 Å². The van der Waals surface area contributed by atoms with E-state index in [1.54, 1.807) is 0 Å². The summed E-state index contributed by atoms with van der Waals surface area (Å²) >= 11 is 0. The van der Waals surface area contributed by atoms with Crippen molar-refractivity contribution in [2.45, 2.75) is 13.8 Å². The van der Waals surface area contributed by atoms with Crippen LogP contribution in [0.4, 0.5) is 11.6 Å². The molecule has 0 spiro atoms. The van der Waals surface area contributed by atoms with Crippen LogP contribution in [0.2, 0.25) is 0 Å². The molecule has 0 aromatic carbocycles. The predicted molar refractivity (Wildman–Crippen MR) is 61.3 cm³/mol. The van der Waals surface area contributed by atoms with Gasteiger partial charge < -0.3 is 15.3 Å². The Labute approximate surface area is 90.2 Å². The molecule has 15 heavy (non-hydrogen) atoms. The van der Waals surface area contributed by atoms with Gasteiger partial charge in [0.25, 0.3) is 0 Å². The molecule has 0 aliphatic heterocycles. The first kappa shape index (κ1) is 11.7. The van der Waals surface area contributed by atoms with Crippen LogP contribution in [-0.4, -0.2) is 41.8 Å². The summed E-state index contributed by atoms with van der Waals surface area (Å²) in [6.45, 7) is 5.56. The van der Waals surface area contributed by atoms with Crippen molar-refractivity contribution in [3.05, 3.63) is 11.9 Å². The topological polar surface area (TPSA) is 61.3 Å². The summed E-state index contributed by atoms with van der Waals surface area (Å²) in [7, 11) is 1.83. The van der Waals surface area contributed by atoms with E-state index in [0.29, 0.717) is 6.54 Å². The monoisotopic (exact) mass is 210 g/mol. The number of aromatic nitrogens is 2. The summed E-state index contributed by atoms with van der Waals surface area (Å²) in [6.07, 6.45) is 1.54. The molecule has 0 atom stereocenters. The van der Waals surface area contributed by atoms with Crippen molar-refractivity contribution in [2.75, 3.05) is 37.0 Å². The van der Waals surface area contributed by atoms with E-state index in [4.69, 9.17) is 5.11 Å². The lowest BCUT2D eigenvalue weighted by Crippen LogP contribution is -2.28. The van der Waals surface area contributed by atoms with E-state index >= 15 is 0 Å². The minimum Gasteiger partial charge on any atom is -0.395 e. The Hall–Kier alpha value is -1.36. The molecule has 1 aromatic heterocycles. The zero-order chi connectivity index (χ0) is 11.3. The van der Waals surface area contributed by atoms with Gasteiger partial charge in [0.15, 0.2) is 0 Å². The van der Waals surface area contributed by atoms with E-state index in [0.717, 1.165) is 23.7 Å². The molecule has 2 N–H and O–H groups in total. The van der Waals surface area contributed by atoms with Crippen LogP contribution < -0.4 is 10.2 Å². The van der Waals surface area contributed by atoms with Gasteiger partial charge in [0.2, 0.25) is 0 Å². The van der Waals surface area contributed by atoms with Gasteiger partial charge in [-0.15, -0.1) is 0 Å². The van der Waals surface area contributed by atoms with Crippen LogP contribution in [0.5, 0.6) is 0 Å². The Morgan fingerprint density at radius 2 is 2.20 bits per heavy atom. The van der Waals surface area contributed by atoms with E-state index in [2.05, 4.69) is 15.3 Å². The molecule has 0 aliphatic rings. The minimum atomic E-state index is 0.131. The van der Waals surface area contributed by atoms with Crippen molar-refractivity contribution in [1.82, 2.24) is 9.97 Å². The summed E-state index contributed by atoms with van der Waals surface area (Å²) in [5, 5.41) is 12.0. The molecule has 0 saturated heterocycles. The highest BCUT2D eigenvalue weighted by Crippen LogP contribution is 2.21. The third kappa shape index (κ3) is 2.56. The number of hydrogen-bond donors (Lipinski definition) is 2. The normalized spacial score (nSPS) is 10.1. The molecule has 5 nitrogen and oxygen atoms in total. The van der Waals surface area contributed by atoms with E-state index in [1.807, 2.05) is 25.8 Å². The molecular formula is C10H18N4O. The number of likely N-dealkylation sites (N-methyl/N-ethyl adjacent to an activating group) is 1. The molecule has 1 heterocycles. The fourth-order valence-corrected chi connectivity index (χ4v) is 1.55. The van der Waals surface area contributed by atoms with Gasteiger partial charge in [-0.2, -0.15) is 0 Å². The average molecular weight is 210 g/mol. The highest BCUT2D eigenvalue weighted by atomic mass is 16.3. The van der Waals surface area contributed by atoms with E-state index in [-0.39, 0.29) is 6.61 Å². The van der Waals surface area contributed by atoms with E-state index in [1.165, 1.54) is 6.33 Å². The lowest BCUT2D eigenvalue weighted by Gasteiger charge is -2.23. The zero-order valence-electron chi connectivity index (χ0n) is 9.49. The molecule has 84 valence electrons. The summed E-state index contributed by atoms with van der Waals surface area (Å²) in [6, 6.07) is 0. The summed E-state index contributed by atoms with van der Waals surface area (Å²) in [4.78, 5) is 10.4. The van der Waals surface area contributed by atoms with Crippen molar-refractivity contribution >= 4 is 11.6 Å². The van der Waals surface area contributed by atoms with Crippen molar-refractivity contribution in [3.8, 4) is 0 Å². The van der Waals surface area contributed by atoms with Gasteiger partial charge in [-0.05, 0) is 13.8 Å². The lowest BCUT2D eigenvalue weighted by atomic mass is 10.3. The predicted octanol–water partition coefficient (Wildman–Crippen LogP) is 0.645. The molecule has 0 aliphatic carbocycles. The second kappa shape index (κ2) is 5.50. The maximum absolute atomic E-state index is 8.95. The maximum atomic E-state index is 8.95. The average Bonchev–Trinajstić information content (AvgIpc) is 2.27. The highest BCUT2D eigenvalue weighted by Gasteiger charge is 2.11. The molecule has 0 saturated carbocycles. The van der Waals surface area contributed by atoms with Crippen molar-refractivity contribution < 1.29 is 5.11 Å². The Bertz CT molecular complexity index is 316. The first-order chi connectivity index (χ1) is 7.24. The van der Waals surface area contributed by atoms with Crippen LogP contribution in [0.15, 0.2) is 6.33 Å².